The Morgan fingerprint density at radius 2 is 2.07 bits per heavy atom. The lowest BCUT2D eigenvalue weighted by molar-refractivity contribution is -0.143. The summed E-state index contributed by atoms with van der Waals surface area (Å²) in [7, 11) is 3.11. The maximum Gasteiger partial charge on any atom is 0.322 e. The summed E-state index contributed by atoms with van der Waals surface area (Å²) in [5.41, 5.74) is 0. The molecule has 0 radical (unpaired) electrons. The molecule has 0 aromatic heterocycles. The number of hydrogen-bond acceptors (Lipinski definition) is 4. The lowest BCUT2D eigenvalue weighted by Gasteiger charge is -2.13. The molecule has 0 saturated heterocycles. The number of esters is 1. The highest BCUT2D eigenvalue weighted by molar-refractivity contribution is 5.75. The Bertz CT molecular complexity index is 150. The summed E-state index contributed by atoms with van der Waals surface area (Å²) in [6.07, 6.45) is 2.79. The van der Waals surface area contributed by atoms with Crippen LogP contribution in [0.15, 0.2) is 0 Å². The molecule has 4 heteroatoms. The molecule has 0 fully saturated rings. The van der Waals surface area contributed by atoms with Gasteiger partial charge in [0, 0.05) is 13.7 Å². The molecule has 4 nitrogen and oxygen atoms in total. The van der Waals surface area contributed by atoms with E-state index in [9.17, 15) is 4.79 Å². The van der Waals surface area contributed by atoms with Gasteiger partial charge in [-0.1, -0.05) is 6.92 Å². The van der Waals surface area contributed by atoms with Crippen molar-refractivity contribution in [2.45, 2.75) is 32.2 Å². The number of carbonyl (C=O) groups excluding carboxylic acids is 1. The smallest absolute Gasteiger partial charge is 0.322 e. The molecule has 0 saturated carbocycles. The maximum atomic E-state index is 11.2. The van der Waals surface area contributed by atoms with Gasteiger partial charge in [-0.25, -0.2) is 0 Å². The van der Waals surface area contributed by atoms with Crippen molar-refractivity contribution in [3.05, 3.63) is 0 Å². The van der Waals surface area contributed by atoms with Gasteiger partial charge in [0.25, 0.3) is 0 Å². The third-order valence-electron chi connectivity index (χ3n) is 2.06. The second-order valence-corrected chi connectivity index (χ2v) is 3.14. The summed E-state index contributed by atoms with van der Waals surface area (Å²) < 4.78 is 9.58. The molecule has 0 aliphatic carbocycles. The van der Waals surface area contributed by atoms with E-state index in [2.05, 4.69) is 10.1 Å². The molecule has 0 rings (SSSR count). The largest absolute Gasteiger partial charge is 0.468 e. The summed E-state index contributed by atoms with van der Waals surface area (Å²) in [5.74, 6) is -0.181. The molecule has 0 spiro atoms. The zero-order valence-corrected chi connectivity index (χ0v) is 9.34. The number of unbranched alkanes of at least 4 members (excludes halogenated alkanes) is 1. The van der Waals surface area contributed by atoms with E-state index in [1.54, 1.807) is 7.11 Å². The molecule has 0 aliphatic rings. The van der Waals surface area contributed by atoms with Crippen LogP contribution in [0.1, 0.15) is 26.2 Å². The highest BCUT2D eigenvalue weighted by atomic mass is 16.5. The Balaban J connectivity index is 3.48. The molecule has 84 valence electrons. The number of ether oxygens (including phenoxy) is 2. The fourth-order valence-corrected chi connectivity index (χ4v) is 1.18. The van der Waals surface area contributed by atoms with Gasteiger partial charge in [-0.05, 0) is 25.8 Å². The summed E-state index contributed by atoms with van der Waals surface area (Å²) >= 11 is 0. The van der Waals surface area contributed by atoms with Gasteiger partial charge in [-0.2, -0.15) is 0 Å². The van der Waals surface area contributed by atoms with Crippen molar-refractivity contribution in [2.75, 3.05) is 27.4 Å². The van der Waals surface area contributed by atoms with Gasteiger partial charge in [-0.3, -0.25) is 4.79 Å². The van der Waals surface area contributed by atoms with Gasteiger partial charge in [0.05, 0.1) is 7.11 Å². The van der Waals surface area contributed by atoms with Crippen LogP contribution in [0.4, 0.5) is 0 Å². The van der Waals surface area contributed by atoms with E-state index in [1.807, 2.05) is 6.92 Å². The average molecular weight is 203 g/mol. The SMILES string of the molecule is CCC(NCCCCOC)C(=O)OC. The van der Waals surface area contributed by atoms with Gasteiger partial charge >= 0.3 is 5.97 Å². The van der Waals surface area contributed by atoms with Gasteiger partial charge in [0.1, 0.15) is 6.04 Å². The Kier molecular flexibility index (Phi) is 8.57. The molecule has 0 heterocycles. The quantitative estimate of drug-likeness (QED) is 0.471. The predicted molar refractivity (Wildman–Crippen MR) is 55.2 cm³/mol. The second kappa shape index (κ2) is 8.97. The van der Waals surface area contributed by atoms with Gasteiger partial charge in [-0.15, -0.1) is 0 Å². The number of carbonyl (C=O) groups is 1. The third-order valence-corrected chi connectivity index (χ3v) is 2.06. The number of nitrogens with one attached hydrogen (secondary N) is 1. The first-order chi connectivity index (χ1) is 6.76. The minimum absolute atomic E-state index is 0.164. The lowest BCUT2D eigenvalue weighted by atomic mass is 10.2. The lowest BCUT2D eigenvalue weighted by Crippen LogP contribution is -2.37. The maximum absolute atomic E-state index is 11.2. The minimum Gasteiger partial charge on any atom is -0.468 e. The van der Waals surface area contributed by atoms with E-state index in [1.165, 1.54) is 7.11 Å². The first kappa shape index (κ1) is 13.4. The topological polar surface area (TPSA) is 47.6 Å². The highest BCUT2D eigenvalue weighted by Gasteiger charge is 2.14. The van der Waals surface area contributed by atoms with E-state index in [4.69, 9.17) is 4.74 Å². The summed E-state index contributed by atoms with van der Waals surface area (Å²) in [6.45, 7) is 3.57. The zero-order chi connectivity index (χ0) is 10.8. The van der Waals surface area contributed by atoms with Crippen LogP contribution in [0.25, 0.3) is 0 Å². The molecule has 14 heavy (non-hydrogen) atoms. The fourth-order valence-electron chi connectivity index (χ4n) is 1.18. The Morgan fingerprint density at radius 3 is 2.57 bits per heavy atom. The number of hydrogen-bond donors (Lipinski definition) is 1. The van der Waals surface area contributed by atoms with Crippen LogP contribution in [0.3, 0.4) is 0 Å². The summed E-state index contributed by atoms with van der Waals surface area (Å²) in [6, 6.07) is -0.164. The van der Waals surface area contributed by atoms with Crippen LogP contribution in [0, 0.1) is 0 Å². The standard InChI is InChI=1S/C10H21NO3/c1-4-9(10(12)14-3)11-7-5-6-8-13-2/h9,11H,4-8H2,1-3H3. The van der Waals surface area contributed by atoms with Gasteiger partial charge < -0.3 is 14.8 Å². The van der Waals surface area contributed by atoms with Crippen LogP contribution >= 0.6 is 0 Å². The minimum atomic E-state index is -0.181. The van der Waals surface area contributed by atoms with Crippen LogP contribution in [0.5, 0.6) is 0 Å². The normalized spacial score (nSPS) is 12.5. The molecule has 0 amide bonds. The average Bonchev–Trinajstić information content (AvgIpc) is 2.22. The van der Waals surface area contributed by atoms with E-state index in [0.717, 1.165) is 32.4 Å². The van der Waals surface area contributed by atoms with Crippen molar-refractivity contribution in [3.8, 4) is 0 Å². The summed E-state index contributed by atoms with van der Waals surface area (Å²) in [4.78, 5) is 11.2. The van der Waals surface area contributed by atoms with Crippen LogP contribution in [-0.2, 0) is 14.3 Å². The van der Waals surface area contributed by atoms with E-state index in [-0.39, 0.29) is 12.0 Å². The number of rotatable bonds is 8. The molecule has 1 N–H and O–H groups in total. The molecule has 0 bridgehead atoms. The number of methoxy groups -OCH3 is 2. The van der Waals surface area contributed by atoms with Crippen LogP contribution in [-0.4, -0.2) is 39.4 Å². The van der Waals surface area contributed by atoms with E-state index >= 15 is 0 Å². The molecular formula is C10H21NO3. The second-order valence-electron chi connectivity index (χ2n) is 3.14. The predicted octanol–water partition coefficient (Wildman–Crippen LogP) is 0.954. The first-order valence-electron chi connectivity index (χ1n) is 5.06. The molecule has 0 aliphatic heterocycles. The van der Waals surface area contributed by atoms with Crippen LogP contribution < -0.4 is 5.32 Å². The van der Waals surface area contributed by atoms with Crippen molar-refractivity contribution in [2.24, 2.45) is 0 Å². The highest BCUT2D eigenvalue weighted by Crippen LogP contribution is 1.95. The summed E-state index contributed by atoms with van der Waals surface area (Å²) in [5, 5.41) is 3.15. The van der Waals surface area contributed by atoms with Crippen molar-refractivity contribution >= 4 is 5.97 Å². The molecule has 1 unspecified atom stereocenters. The van der Waals surface area contributed by atoms with Crippen molar-refractivity contribution in [1.82, 2.24) is 5.32 Å². The Labute approximate surface area is 86.0 Å². The van der Waals surface area contributed by atoms with Crippen LogP contribution in [0.2, 0.25) is 0 Å². The molecule has 0 aromatic rings. The molecule has 1 atom stereocenters. The third kappa shape index (κ3) is 5.94. The fraction of sp³-hybridized carbons (Fsp3) is 0.900. The first-order valence-corrected chi connectivity index (χ1v) is 5.06. The van der Waals surface area contributed by atoms with E-state index < -0.39 is 0 Å². The van der Waals surface area contributed by atoms with Crippen molar-refractivity contribution < 1.29 is 14.3 Å². The molecular weight excluding hydrogens is 182 g/mol. The van der Waals surface area contributed by atoms with Crippen molar-refractivity contribution in [1.29, 1.82) is 0 Å². The Morgan fingerprint density at radius 1 is 1.36 bits per heavy atom. The molecule has 0 aromatic carbocycles. The van der Waals surface area contributed by atoms with E-state index in [0.29, 0.717) is 0 Å². The monoisotopic (exact) mass is 203 g/mol. The van der Waals surface area contributed by atoms with Gasteiger partial charge in [0.2, 0.25) is 0 Å². The van der Waals surface area contributed by atoms with Crippen molar-refractivity contribution in [3.63, 3.8) is 0 Å². The van der Waals surface area contributed by atoms with Gasteiger partial charge in [0.15, 0.2) is 0 Å². The Hall–Kier alpha value is -0.610. The zero-order valence-electron chi connectivity index (χ0n) is 9.34.